The van der Waals surface area contributed by atoms with E-state index in [0.717, 1.165) is 12.8 Å². The quantitative estimate of drug-likeness (QED) is 0.692. The molecule has 0 saturated heterocycles. The molecular weight excluding hydrogens is 186 g/mol. The fraction of sp³-hybridized carbons (Fsp3) is 0.846. The largest absolute Gasteiger partial charge is 0.298 e. The lowest BCUT2D eigenvalue weighted by molar-refractivity contribution is -0.124. The number of ketones is 1. The molecule has 0 aliphatic heterocycles. The molecule has 0 heterocycles. The summed E-state index contributed by atoms with van der Waals surface area (Å²) in [5.41, 5.74) is 0. The summed E-state index contributed by atoms with van der Waals surface area (Å²) in [6, 6.07) is 2.00. The number of rotatable bonds is 5. The van der Waals surface area contributed by atoms with E-state index in [2.05, 4.69) is 6.92 Å². The molecule has 2 nitrogen and oxygen atoms in total. The second-order valence-corrected chi connectivity index (χ2v) is 4.59. The highest BCUT2D eigenvalue weighted by Crippen LogP contribution is 2.33. The van der Waals surface area contributed by atoms with Gasteiger partial charge in [0.25, 0.3) is 0 Å². The molecule has 0 aromatic heterocycles. The Bertz CT molecular complexity index is 235. The van der Waals surface area contributed by atoms with Crippen molar-refractivity contribution in [1.29, 1.82) is 5.26 Å². The van der Waals surface area contributed by atoms with Crippen molar-refractivity contribution in [1.82, 2.24) is 0 Å². The average molecular weight is 207 g/mol. The van der Waals surface area contributed by atoms with Crippen molar-refractivity contribution in [3.8, 4) is 6.07 Å². The van der Waals surface area contributed by atoms with Crippen LogP contribution in [0.5, 0.6) is 0 Å². The molecule has 0 spiro atoms. The predicted molar refractivity (Wildman–Crippen MR) is 60.2 cm³/mol. The summed E-state index contributed by atoms with van der Waals surface area (Å²) in [5.74, 6) is 0.931. The maximum Gasteiger partial charge on any atom is 0.150 e. The van der Waals surface area contributed by atoms with E-state index < -0.39 is 0 Å². The first-order chi connectivity index (χ1) is 7.29. The molecule has 1 saturated carbocycles. The Morgan fingerprint density at radius 1 is 1.40 bits per heavy atom. The molecule has 0 unspecified atom stereocenters. The van der Waals surface area contributed by atoms with Crippen LogP contribution in [-0.2, 0) is 4.79 Å². The number of carbonyl (C=O) groups is 1. The summed E-state index contributed by atoms with van der Waals surface area (Å²) in [4.78, 5) is 11.8. The molecule has 15 heavy (non-hydrogen) atoms. The summed E-state index contributed by atoms with van der Waals surface area (Å²) in [5, 5.41) is 8.58. The molecule has 1 atom stereocenters. The van der Waals surface area contributed by atoms with Crippen molar-refractivity contribution < 1.29 is 4.79 Å². The lowest BCUT2D eigenvalue weighted by Gasteiger charge is -2.28. The SMILES string of the molecule is CCC[C@H](C(=O)CC#N)C1CCCCC1. The van der Waals surface area contributed by atoms with Gasteiger partial charge in [0.2, 0.25) is 0 Å². The maximum atomic E-state index is 11.8. The maximum absolute atomic E-state index is 11.8. The minimum absolute atomic E-state index is 0.112. The van der Waals surface area contributed by atoms with Crippen LogP contribution in [0, 0.1) is 23.2 Å². The third-order valence-electron chi connectivity index (χ3n) is 3.49. The van der Waals surface area contributed by atoms with Crippen LogP contribution < -0.4 is 0 Å². The average Bonchev–Trinajstić information content (AvgIpc) is 2.27. The van der Waals surface area contributed by atoms with E-state index in [1.165, 1.54) is 32.1 Å². The van der Waals surface area contributed by atoms with Gasteiger partial charge in [0, 0.05) is 5.92 Å². The molecule has 0 aromatic rings. The minimum Gasteiger partial charge on any atom is -0.298 e. The molecule has 2 heteroatoms. The monoisotopic (exact) mass is 207 g/mol. The number of hydrogen-bond acceptors (Lipinski definition) is 2. The molecule has 0 aromatic carbocycles. The molecule has 1 rings (SSSR count). The van der Waals surface area contributed by atoms with E-state index in [9.17, 15) is 4.79 Å². The lowest BCUT2D eigenvalue weighted by atomic mass is 9.75. The normalized spacial score (nSPS) is 19.5. The van der Waals surface area contributed by atoms with Gasteiger partial charge in [-0.05, 0) is 25.2 Å². The van der Waals surface area contributed by atoms with Crippen LogP contribution in [-0.4, -0.2) is 5.78 Å². The Morgan fingerprint density at radius 2 is 2.07 bits per heavy atom. The van der Waals surface area contributed by atoms with E-state index in [4.69, 9.17) is 5.26 Å². The topological polar surface area (TPSA) is 40.9 Å². The van der Waals surface area contributed by atoms with E-state index >= 15 is 0 Å². The Balaban J connectivity index is 2.55. The van der Waals surface area contributed by atoms with E-state index in [1.54, 1.807) is 0 Å². The highest BCUT2D eigenvalue weighted by molar-refractivity contribution is 5.83. The fourth-order valence-electron chi connectivity index (χ4n) is 2.72. The number of nitrogens with zero attached hydrogens (tertiary/aromatic N) is 1. The number of Topliss-reactive ketones (excluding diaryl/α,β-unsaturated/α-hetero) is 1. The lowest BCUT2D eigenvalue weighted by Crippen LogP contribution is -2.25. The second-order valence-electron chi connectivity index (χ2n) is 4.59. The van der Waals surface area contributed by atoms with Crippen molar-refractivity contribution in [3.05, 3.63) is 0 Å². The minimum atomic E-state index is 0.112. The van der Waals surface area contributed by atoms with Gasteiger partial charge >= 0.3 is 0 Å². The standard InChI is InChI=1S/C13H21NO/c1-2-6-12(13(15)9-10-14)11-7-4-3-5-8-11/h11-12H,2-9H2,1H3/t12-/m0/s1. The van der Waals surface area contributed by atoms with E-state index in [-0.39, 0.29) is 18.1 Å². The molecule has 1 aliphatic rings. The summed E-state index contributed by atoms with van der Waals surface area (Å²) < 4.78 is 0. The number of nitriles is 1. The predicted octanol–water partition coefficient (Wildman–Crippen LogP) is 3.47. The number of hydrogen-bond donors (Lipinski definition) is 0. The van der Waals surface area contributed by atoms with E-state index in [0.29, 0.717) is 5.92 Å². The molecule has 0 amide bonds. The van der Waals surface area contributed by atoms with Crippen LogP contribution >= 0.6 is 0 Å². The highest BCUT2D eigenvalue weighted by Gasteiger charge is 2.27. The van der Waals surface area contributed by atoms with Crippen molar-refractivity contribution in [2.75, 3.05) is 0 Å². The van der Waals surface area contributed by atoms with Gasteiger partial charge < -0.3 is 0 Å². The summed E-state index contributed by atoms with van der Waals surface area (Å²) in [7, 11) is 0. The van der Waals surface area contributed by atoms with Crippen molar-refractivity contribution >= 4 is 5.78 Å². The van der Waals surface area contributed by atoms with Crippen LogP contribution in [0.25, 0.3) is 0 Å². The van der Waals surface area contributed by atoms with Crippen LogP contribution in [0.2, 0.25) is 0 Å². The third-order valence-corrected chi connectivity index (χ3v) is 3.49. The molecule has 84 valence electrons. The van der Waals surface area contributed by atoms with Gasteiger partial charge in [-0.25, -0.2) is 0 Å². The molecule has 1 fully saturated rings. The van der Waals surface area contributed by atoms with Crippen LogP contribution in [0.1, 0.15) is 58.3 Å². The Morgan fingerprint density at radius 3 is 2.60 bits per heavy atom. The first kappa shape index (κ1) is 12.2. The van der Waals surface area contributed by atoms with Gasteiger partial charge in [-0.3, -0.25) is 4.79 Å². The number of carbonyl (C=O) groups excluding carboxylic acids is 1. The summed E-state index contributed by atoms with van der Waals surface area (Å²) in [6.45, 7) is 2.12. The van der Waals surface area contributed by atoms with Gasteiger partial charge in [-0.1, -0.05) is 32.6 Å². The highest BCUT2D eigenvalue weighted by atomic mass is 16.1. The first-order valence-electron chi connectivity index (χ1n) is 6.19. The first-order valence-corrected chi connectivity index (χ1v) is 6.19. The molecule has 0 radical (unpaired) electrons. The summed E-state index contributed by atoms with van der Waals surface area (Å²) >= 11 is 0. The zero-order chi connectivity index (χ0) is 11.1. The Hall–Kier alpha value is -0.840. The van der Waals surface area contributed by atoms with Crippen molar-refractivity contribution in [2.45, 2.75) is 58.3 Å². The Kier molecular flexibility index (Phi) is 5.39. The van der Waals surface area contributed by atoms with Gasteiger partial charge in [0.1, 0.15) is 5.78 Å². The van der Waals surface area contributed by atoms with Crippen LogP contribution in [0.15, 0.2) is 0 Å². The zero-order valence-corrected chi connectivity index (χ0v) is 9.67. The second kappa shape index (κ2) is 6.61. The van der Waals surface area contributed by atoms with Gasteiger partial charge in [0.05, 0.1) is 12.5 Å². The smallest absolute Gasteiger partial charge is 0.150 e. The van der Waals surface area contributed by atoms with Crippen molar-refractivity contribution in [2.24, 2.45) is 11.8 Å². The van der Waals surface area contributed by atoms with Crippen LogP contribution in [0.4, 0.5) is 0 Å². The van der Waals surface area contributed by atoms with Gasteiger partial charge in [0.15, 0.2) is 0 Å². The molecule has 1 aliphatic carbocycles. The molecule has 0 N–H and O–H groups in total. The molecule has 0 bridgehead atoms. The fourth-order valence-corrected chi connectivity index (χ4v) is 2.72. The third kappa shape index (κ3) is 3.66. The zero-order valence-electron chi connectivity index (χ0n) is 9.67. The van der Waals surface area contributed by atoms with Gasteiger partial charge in [-0.15, -0.1) is 0 Å². The Labute approximate surface area is 92.7 Å². The van der Waals surface area contributed by atoms with Crippen molar-refractivity contribution in [3.63, 3.8) is 0 Å². The summed E-state index contributed by atoms with van der Waals surface area (Å²) in [6.07, 6.45) is 8.39. The van der Waals surface area contributed by atoms with Gasteiger partial charge in [-0.2, -0.15) is 5.26 Å². The molecular formula is C13H21NO. The van der Waals surface area contributed by atoms with E-state index in [1.807, 2.05) is 6.07 Å². The van der Waals surface area contributed by atoms with Crippen LogP contribution in [0.3, 0.4) is 0 Å².